The second kappa shape index (κ2) is 6.17. The Morgan fingerprint density at radius 3 is 2.67 bits per heavy atom. The Bertz CT molecular complexity index is 517. The van der Waals surface area contributed by atoms with Gasteiger partial charge in [-0.2, -0.15) is 0 Å². The molecule has 0 aliphatic rings. The van der Waals surface area contributed by atoms with Gasteiger partial charge in [0.15, 0.2) is 0 Å². The number of benzene rings is 1. The Hall–Kier alpha value is -1.87. The minimum absolute atomic E-state index is 0.0201. The van der Waals surface area contributed by atoms with Crippen molar-refractivity contribution in [2.75, 3.05) is 0 Å². The summed E-state index contributed by atoms with van der Waals surface area (Å²) in [7, 11) is 0. The first-order valence-corrected chi connectivity index (χ1v) is 6.71. The lowest BCUT2D eigenvalue weighted by Gasteiger charge is -2.12. The summed E-state index contributed by atoms with van der Waals surface area (Å²) in [5, 5.41) is 4.93. The van der Waals surface area contributed by atoms with Crippen LogP contribution < -0.4 is 5.32 Å². The van der Waals surface area contributed by atoms with E-state index in [2.05, 4.69) is 5.32 Å². The van der Waals surface area contributed by atoms with Crippen molar-refractivity contribution in [2.24, 2.45) is 0 Å². The molecule has 0 bridgehead atoms. The predicted octanol–water partition coefficient (Wildman–Crippen LogP) is 3.64. The fourth-order valence-corrected chi connectivity index (χ4v) is 2.25. The molecule has 92 valence electrons. The fourth-order valence-electron chi connectivity index (χ4n) is 1.63. The summed E-state index contributed by atoms with van der Waals surface area (Å²) in [5.41, 5.74) is 1.11. The van der Waals surface area contributed by atoms with E-state index in [1.807, 2.05) is 60.8 Å². The van der Waals surface area contributed by atoms with Gasteiger partial charge in [-0.15, -0.1) is 11.3 Å². The van der Waals surface area contributed by atoms with E-state index in [1.54, 1.807) is 17.4 Å². The number of amides is 1. The number of carbonyl (C=O) groups excluding carboxylic acids is 1. The first-order valence-electron chi connectivity index (χ1n) is 5.83. The van der Waals surface area contributed by atoms with E-state index in [4.69, 9.17) is 0 Å². The van der Waals surface area contributed by atoms with Gasteiger partial charge in [0, 0.05) is 11.0 Å². The topological polar surface area (TPSA) is 29.1 Å². The molecule has 0 saturated heterocycles. The third kappa shape index (κ3) is 3.57. The maximum absolute atomic E-state index is 11.7. The first kappa shape index (κ1) is 12.6. The third-order valence-corrected chi connectivity index (χ3v) is 3.44. The highest BCUT2D eigenvalue weighted by atomic mass is 32.1. The fraction of sp³-hybridized carbons (Fsp3) is 0.133. The molecule has 2 nitrogen and oxygen atoms in total. The second-order valence-corrected chi connectivity index (χ2v) is 4.97. The normalized spacial score (nSPS) is 12.5. The summed E-state index contributed by atoms with van der Waals surface area (Å²) in [4.78, 5) is 12.8. The second-order valence-electron chi connectivity index (χ2n) is 3.99. The number of hydrogen-bond acceptors (Lipinski definition) is 2. The SMILES string of the molecule is CC(NC(=O)/C=C/c1cccs1)c1ccccc1. The minimum Gasteiger partial charge on any atom is -0.346 e. The molecule has 1 atom stereocenters. The molecule has 1 aromatic carbocycles. The van der Waals surface area contributed by atoms with Gasteiger partial charge in [0.05, 0.1) is 6.04 Å². The molecule has 18 heavy (non-hydrogen) atoms. The van der Waals surface area contributed by atoms with Crippen molar-refractivity contribution in [3.63, 3.8) is 0 Å². The van der Waals surface area contributed by atoms with Crippen molar-refractivity contribution >= 4 is 23.3 Å². The maximum atomic E-state index is 11.7. The Morgan fingerprint density at radius 1 is 1.22 bits per heavy atom. The molecule has 0 aliphatic heterocycles. The van der Waals surface area contributed by atoms with E-state index >= 15 is 0 Å². The summed E-state index contributed by atoms with van der Waals surface area (Å²) in [6, 6.07) is 13.9. The van der Waals surface area contributed by atoms with Crippen molar-refractivity contribution in [3.05, 3.63) is 64.4 Å². The average molecular weight is 257 g/mol. The summed E-state index contributed by atoms with van der Waals surface area (Å²) in [5.74, 6) is -0.0697. The monoisotopic (exact) mass is 257 g/mol. The van der Waals surface area contributed by atoms with E-state index in [0.717, 1.165) is 10.4 Å². The van der Waals surface area contributed by atoms with Gasteiger partial charge in [-0.25, -0.2) is 0 Å². The third-order valence-electron chi connectivity index (χ3n) is 2.60. The van der Waals surface area contributed by atoms with Crippen molar-refractivity contribution in [3.8, 4) is 0 Å². The zero-order valence-electron chi connectivity index (χ0n) is 10.2. The molecule has 1 aromatic heterocycles. The molecule has 3 heteroatoms. The van der Waals surface area contributed by atoms with Crippen LogP contribution in [0.5, 0.6) is 0 Å². The van der Waals surface area contributed by atoms with E-state index in [-0.39, 0.29) is 11.9 Å². The van der Waals surface area contributed by atoms with Crippen molar-refractivity contribution in [2.45, 2.75) is 13.0 Å². The minimum atomic E-state index is -0.0697. The molecule has 2 aromatic rings. The lowest BCUT2D eigenvalue weighted by atomic mass is 10.1. The van der Waals surface area contributed by atoms with Crippen LogP contribution in [-0.4, -0.2) is 5.91 Å². The number of hydrogen-bond donors (Lipinski definition) is 1. The number of carbonyl (C=O) groups is 1. The van der Waals surface area contributed by atoms with Crippen LogP contribution in [0.1, 0.15) is 23.4 Å². The Labute approximate surface area is 111 Å². The Balaban J connectivity index is 1.92. The molecule has 1 heterocycles. The average Bonchev–Trinajstić information content (AvgIpc) is 2.90. The number of rotatable bonds is 4. The molecule has 0 aliphatic carbocycles. The molecule has 2 rings (SSSR count). The van der Waals surface area contributed by atoms with Gasteiger partial charge < -0.3 is 5.32 Å². The Kier molecular flexibility index (Phi) is 4.31. The van der Waals surface area contributed by atoms with E-state index in [0.29, 0.717) is 0 Å². The van der Waals surface area contributed by atoms with Gasteiger partial charge in [-0.05, 0) is 30.0 Å². The van der Waals surface area contributed by atoms with Crippen LogP contribution in [0, 0.1) is 0 Å². The molecule has 1 N–H and O–H groups in total. The standard InChI is InChI=1S/C15H15NOS/c1-12(13-6-3-2-4-7-13)16-15(17)10-9-14-8-5-11-18-14/h2-12H,1H3,(H,16,17)/b10-9+. The van der Waals surface area contributed by atoms with Crippen molar-refractivity contribution in [1.29, 1.82) is 0 Å². The largest absolute Gasteiger partial charge is 0.346 e. The number of nitrogens with one attached hydrogen (secondary N) is 1. The van der Waals surface area contributed by atoms with Gasteiger partial charge in [-0.1, -0.05) is 36.4 Å². The lowest BCUT2D eigenvalue weighted by molar-refractivity contribution is -0.117. The molecule has 0 radical (unpaired) electrons. The molecule has 1 amide bonds. The maximum Gasteiger partial charge on any atom is 0.244 e. The summed E-state index contributed by atoms with van der Waals surface area (Å²) in [6.45, 7) is 1.98. The Morgan fingerprint density at radius 2 is 2.00 bits per heavy atom. The smallest absolute Gasteiger partial charge is 0.244 e. The van der Waals surface area contributed by atoms with Gasteiger partial charge in [0.2, 0.25) is 5.91 Å². The van der Waals surface area contributed by atoms with E-state index in [9.17, 15) is 4.79 Å². The first-order chi connectivity index (χ1) is 8.75. The van der Waals surface area contributed by atoms with Crippen molar-refractivity contribution in [1.82, 2.24) is 5.32 Å². The van der Waals surface area contributed by atoms with Crippen LogP contribution in [0.15, 0.2) is 53.9 Å². The highest BCUT2D eigenvalue weighted by molar-refractivity contribution is 7.10. The van der Waals surface area contributed by atoms with Gasteiger partial charge in [-0.3, -0.25) is 4.79 Å². The quantitative estimate of drug-likeness (QED) is 0.832. The van der Waals surface area contributed by atoms with Gasteiger partial charge >= 0.3 is 0 Å². The van der Waals surface area contributed by atoms with Crippen LogP contribution in [-0.2, 0) is 4.79 Å². The van der Waals surface area contributed by atoms with Crippen molar-refractivity contribution < 1.29 is 4.79 Å². The molecular formula is C15H15NOS. The van der Waals surface area contributed by atoms with E-state index < -0.39 is 0 Å². The lowest BCUT2D eigenvalue weighted by Crippen LogP contribution is -2.24. The predicted molar refractivity (Wildman–Crippen MR) is 76.4 cm³/mol. The molecule has 0 saturated carbocycles. The van der Waals surface area contributed by atoms with Crippen LogP contribution in [0.4, 0.5) is 0 Å². The highest BCUT2D eigenvalue weighted by Crippen LogP contribution is 2.12. The summed E-state index contributed by atoms with van der Waals surface area (Å²) in [6.07, 6.45) is 3.41. The van der Waals surface area contributed by atoms with Crippen LogP contribution in [0.25, 0.3) is 6.08 Å². The molecule has 0 fully saturated rings. The molecular weight excluding hydrogens is 242 g/mol. The van der Waals surface area contributed by atoms with Gasteiger partial charge in [0.1, 0.15) is 0 Å². The zero-order valence-corrected chi connectivity index (χ0v) is 11.0. The summed E-state index contributed by atoms with van der Waals surface area (Å²) < 4.78 is 0. The molecule has 1 unspecified atom stereocenters. The van der Waals surface area contributed by atoms with Crippen LogP contribution in [0.2, 0.25) is 0 Å². The zero-order chi connectivity index (χ0) is 12.8. The highest BCUT2D eigenvalue weighted by Gasteiger charge is 2.06. The van der Waals surface area contributed by atoms with E-state index in [1.165, 1.54) is 0 Å². The number of thiophene rings is 1. The van der Waals surface area contributed by atoms with Crippen LogP contribution >= 0.6 is 11.3 Å². The molecule has 0 spiro atoms. The van der Waals surface area contributed by atoms with Gasteiger partial charge in [0.25, 0.3) is 0 Å². The summed E-state index contributed by atoms with van der Waals surface area (Å²) >= 11 is 1.61. The van der Waals surface area contributed by atoms with Crippen LogP contribution in [0.3, 0.4) is 0 Å².